The molecule has 0 amide bonds. The predicted octanol–water partition coefficient (Wildman–Crippen LogP) is 2.75. The molecule has 0 atom stereocenters. The Labute approximate surface area is 110 Å². The molecule has 0 radical (unpaired) electrons. The van der Waals surface area contributed by atoms with Crippen molar-refractivity contribution < 1.29 is 0 Å². The number of likely N-dealkylation sites (N-methyl/N-ethyl adjacent to an activating group) is 1. The van der Waals surface area contributed by atoms with E-state index in [1.165, 1.54) is 25.7 Å². The van der Waals surface area contributed by atoms with Crippen LogP contribution in [0.3, 0.4) is 0 Å². The Bertz CT molecular complexity index is 375. The van der Waals surface area contributed by atoms with E-state index in [0.717, 1.165) is 12.5 Å². The summed E-state index contributed by atoms with van der Waals surface area (Å²) in [4.78, 5) is 6.70. The third-order valence-corrected chi connectivity index (χ3v) is 4.28. The fraction of sp³-hybridized carbons (Fsp3) is 0.786. The molecule has 18 heavy (non-hydrogen) atoms. The van der Waals surface area contributed by atoms with E-state index in [-0.39, 0.29) is 5.54 Å². The highest BCUT2D eigenvalue weighted by Crippen LogP contribution is 2.31. The number of nitrogens with zero attached hydrogens (tertiary/aromatic N) is 3. The van der Waals surface area contributed by atoms with E-state index in [1.807, 2.05) is 6.20 Å². The second kappa shape index (κ2) is 5.31. The van der Waals surface area contributed by atoms with Crippen molar-refractivity contribution in [2.24, 2.45) is 0 Å². The largest absolute Gasteiger partial charge is 0.354 e. The summed E-state index contributed by atoms with van der Waals surface area (Å²) in [6, 6.07) is 0.650. The van der Waals surface area contributed by atoms with Gasteiger partial charge in [-0.15, -0.1) is 0 Å². The van der Waals surface area contributed by atoms with Crippen molar-refractivity contribution in [2.75, 3.05) is 26.0 Å². The topological polar surface area (TPSA) is 33.1 Å². The van der Waals surface area contributed by atoms with Crippen molar-refractivity contribution in [1.82, 2.24) is 14.5 Å². The van der Waals surface area contributed by atoms with E-state index in [1.54, 1.807) is 0 Å². The molecule has 0 aliphatic heterocycles. The minimum Gasteiger partial charge on any atom is -0.354 e. The smallest absolute Gasteiger partial charge is 0.203 e. The van der Waals surface area contributed by atoms with Crippen molar-refractivity contribution in [1.29, 1.82) is 0 Å². The molecule has 0 aromatic carbocycles. The van der Waals surface area contributed by atoms with Gasteiger partial charge in [-0.1, -0.05) is 12.8 Å². The van der Waals surface area contributed by atoms with Gasteiger partial charge < -0.3 is 14.8 Å². The van der Waals surface area contributed by atoms with Crippen molar-refractivity contribution in [3.8, 4) is 0 Å². The minimum atomic E-state index is 0.131. The quantitative estimate of drug-likeness (QED) is 0.872. The van der Waals surface area contributed by atoms with Gasteiger partial charge in [-0.25, -0.2) is 4.98 Å². The van der Waals surface area contributed by atoms with E-state index in [4.69, 9.17) is 0 Å². The van der Waals surface area contributed by atoms with E-state index in [0.29, 0.717) is 6.04 Å². The number of aromatic nitrogens is 2. The van der Waals surface area contributed by atoms with E-state index < -0.39 is 0 Å². The lowest BCUT2D eigenvalue weighted by Crippen LogP contribution is -2.44. The van der Waals surface area contributed by atoms with Gasteiger partial charge in [-0.3, -0.25) is 0 Å². The van der Waals surface area contributed by atoms with Crippen LogP contribution in [0.5, 0.6) is 0 Å². The molecule has 0 bridgehead atoms. The molecule has 1 aliphatic rings. The fourth-order valence-electron chi connectivity index (χ4n) is 2.38. The van der Waals surface area contributed by atoms with Gasteiger partial charge in [0.1, 0.15) is 0 Å². The lowest BCUT2D eigenvalue weighted by molar-refractivity contribution is 0.209. The number of imidazole rings is 1. The summed E-state index contributed by atoms with van der Waals surface area (Å²) >= 11 is 0. The molecular weight excluding hydrogens is 224 g/mol. The van der Waals surface area contributed by atoms with Gasteiger partial charge >= 0.3 is 0 Å². The molecule has 1 fully saturated rings. The number of hydrogen-bond donors (Lipinski definition) is 1. The Balaban J connectivity index is 1.99. The molecule has 102 valence electrons. The first kappa shape index (κ1) is 13.4. The Morgan fingerprint density at radius 1 is 1.39 bits per heavy atom. The Morgan fingerprint density at radius 2 is 2.06 bits per heavy atom. The summed E-state index contributed by atoms with van der Waals surface area (Å²) in [5.41, 5.74) is 0.131. The molecule has 1 aliphatic carbocycles. The van der Waals surface area contributed by atoms with Crippen LogP contribution in [0.4, 0.5) is 5.95 Å². The van der Waals surface area contributed by atoms with Crippen molar-refractivity contribution >= 4 is 5.95 Å². The van der Waals surface area contributed by atoms with Crippen LogP contribution >= 0.6 is 0 Å². The maximum Gasteiger partial charge on any atom is 0.203 e. The zero-order valence-corrected chi connectivity index (χ0v) is 12.1. The second-order valence-electron chi connectivity index (χ2n) is 6.16. The average Bonchev–Trinajstić information content (AvgIpc) is 2.96. The summed E-state index contributed by atoms with van der Waals surface area (Å²) in [5.74, 6) is 1.02. The monoisotopic (exact) mass is 250 g/mol. The number of rotatable bonds is 5. The van der Waals surface area contributed by atoms with Crippen LogP contribution in [0.15, 0.2) is 12.4 Å². The molecule has 1 N–H and O–H groups in total. The second-order valence-corrected chi connectivity index (χ2v) is 6.16. The highest BCUT2D eigenvalue weighted by molar-refractivity contribution is 5.28. The highest BCUT2D eigenvalue weighted by atomic mass is 15.2. The maximum atomic E-state index is 4.46. The van der Waals surface area contributed by atoms with Crippen molar-refractivity contribution in [2.45, 2.75) is 51.1 Å². The van der Waals surface area contributed by atoms with Crippen LogP contribution in [-0.2, 0) is 0 Å². The molecule has 0 unspecified atom stereocenters. The van der Waals surface area contributed by atoms with Gasteiger partial charge in [0.05, 0.1) is 0 Å². The molecular formula is C14H26N4. The van der Waals surface area contributed by atoms with Gasteiger partial charge in [0.25, 0.3) is 0 Å². The van der Waals surface area contributed by atoms with Crippen LogP contribution in [0, 0.1) is 0 Å². The zero-order chi connectivity index (χ0) is 13.2. The maximum absolute atomic E-state index is 4.46. The molecule has 2 rings (SSSR count). The van der Waals surface area contributed by atoms with Crippen LogP contribution in [0.2, 0.25) is 0 Å². The van der Waals surface area contributed by atoms with Gasteiger partial charge in [0.2, 0.25) is 5.95 Å². The molecule has 1 aromatic rings. The first-order chi connectivity index (χ1) is 8.50. The zero-order valence-electron chi connectivity index (χ0n) is 12.1. The average molecular weight is 250 g/mol. The van der Waals surface area contributed by atoms with Crippen molar-refractivity contribution in [3.63, 3.8) is 0 Å². The predicted molar refractivity (Wildman–Crippen MR) is 76.0 cm³/mol. The number of nitrogens with one attached hydrogen (secondary N) is 1. The number of hydrogen-bond acceptors (Lipinski definition) is 3. The lowest BCUT2D eigenvalue weighted by atomic mass is 10.0. The first-order valence-corrected chi connectivity index (χ1v) is 6.95. The van der Waals surface area contributed by atoms with Crippen LogP contribution in [-0.4, -0.2) is 40.6 Å². The minimum absolute atomic E-state index is 0.131. The van der Waals surface area contributed by atoms with E-state index >= 15 is 0 Å². The highest BCUT2D eigenvalue weighted by Gasteiger charge is 2.23. The molecule has 1 aromatic heterocycles. The van der Waals surface area contributed by atoms with Gasteiger partial charge in [-0.05, 0) is 40.8 Å². The van der Waals surface area contributed by atoms with Crippen LogP contribution in [0.1, 0.15) is 45.6 Å². The van der Waals surface area contributed by atoms with Gasteiger partial charge in [0.15, 0.2) is 0 Å². The van der Waals surface area contributed by atoms with Crippen LogP contribution < -0.4 is 5.32 Å². The van der Waals surface area contributed by atoms with Crippen LogP contribution in [0.25, 0.3) is 0 Å². The molecule has 0 spiro atoms. The molecule has 1 heterocycles. The Kier molecular flexibility index (Phi) is 3.95. The van der Waals surface area contributed by atoms with Crippen molar-refractivity contribution in [3.05, 3.63) is 12.4 Å². The summed E-state index contributed by atoms with van der Waals surface area (Å²) in [5, 5.41) is 3.50. The Morgan fingerprint density at radius 3 is 2.67 bits per heavy atom. The standard InChI is InChI=1S/C14H26N4/c1-14(2,17(3)4)11-16-13-15-9-10-18(13)12-7-5-6-8-12/h9-10,12H,5-8,11H2,1-4H3,(H,15,16). The molecule has 0 saturated heterocycles. The third kappa shape index (κ3) is 2.86. The normalized spacial score (nSPS) is 17.6. The van der Waals surface area contributed by atoms with Gasteiger partial charge in [0, 0.05) is 30.5 Å². The third-order valence-electron chi connectivity index (χ3n) is 4.28. The fourth-order valence-corrected chi connectivity index (χ4v) is 2.38. The lowest BCUT2D eigenvalue weighted by Gasteiger charge is -2.33. The van der Waals surface area contributed by atoms with E-state index in [9.17, 15) is 0 Å². The SMILES string of the molecule is CN(C)C(C)(C)CNc1nccn1C1CCCC1. The first-order valence-electron chi connectivity index (χ1n) is 6.95. The van der Waals surface area contributed by atoms with Gasteiger partial charge in [-0.2, -0.15) is 0 Å². The summed E-state index contributed by atoms with van der Waals surface area (Å²) in [6.07, 6.45) is 9.31. The molecule has 4 nitrogen and oxygen atoms in total. The van der Waals surface area contributed by atoms with E-state index in [2.05, 4.69) is 53.9 Å². The molecule has 4 heteroatoms. The summed E-state index contributed by atoms with van der Waals surface area (Å²) < 4.78 is 2.32. The Hall–Kier alpha value is -1.03. The molecule has 1 saturated carbocycles. The summed E-state index contributed by atoms with van der Waals surface area (Å²) in [7, 11) is 4.23. The summed E-state index contributed by atoms with van der Waals surface area (Å²) in [6.45, 7) is 5.38. The number of anilines is 1.